The molecule has 1 saturated carbocycles. The first kappa shape index (κ1) is 15.7. The van der Waals surface area contributed by atoms with Gasteiger partial charge in [0, 0.05) is 25.2 Å². The van der Waals surface area contributed by atoms with E-state index in [1.165, 1.54) is 71.7 Å². The van der Waals surface area contributed by atoms with Crippen molar-refractivity contribution in [3.05, 3.63) is 0 Å². The zero-order valence-corrected chi connectivity index (χ0v) is 14.4. The van der Waals surface area contributed by atoms with E-state index < -0.39 is 0 Å². The molecule has 1 atom stereocenters. The molecule has 0 aromatic carbocycles. The molecule has 3 aliphatic heterocycles. The molecule has 0 aromatic rings. The number of carbonyl (C=O) groups excluding carboxylic acids is 1. The van der Waals surface area contributed by atoms with E-state index in [1.54, 1.807) is 0 Å². The Balaban J connectivity index is 1.23. The molecule has 3 saturated heterocycles. The topological polar surface area (TPSA) is 44.8 Å². The van der Waals surface area contributed by atoms with E-state index in [-0.39, 0.29) is 6.09 Å². The average Bonchev–Trinajstić information content (AvgIpc) is 3.22. The molecular weight excluding hydrogens is 290 g/mol. The highest BCUT2D eigenvalue weighted by Crippen LogP contribution is 2.50. The maximum Gasteiger partial charge on any atom is 0.409 e. The molecular formula is C18H31N3O2. The third-order valence-electron chi connectivity index (χ3n) is 6.97. The van der Waals surface area contributed by atoms with E-state index in [0.29, 0.717) is 5.41 Å². The quantitative estimate of drug-likeness (QED) is 0.846. The van der Waals surface area contributed by atoms with E-state index in [0.717, 1.165) is 31.1 Å². The second-order valence-corrected chi connectivity index (χ2v) is 8.28. The molecule has 5 heteroatoms. The van der Waals surface area contributed by atoms with E-state index in [2.05, 4.69) is 10.2 Å². The minimum absolute atomic E-state index is 0.143. The van der Waals surface area contributed by atoms with Crippen LogP contribution in [0.4, 0.5) is 4.79 Å². The van der Waals surface area contributed by atoms with Crippen molar-refractivity contribution in [2.24, 2.45) is 11.3 Å². The van der Waals surface area contributed by atoms with Gasteiger partial charge in [-0.2, -0.15) is 0 Å². The maximum absolute atomic E-state index is 11.7. The van der Waals surface area contributed by atoms with Crippen molar-refractivity contribution in [1.29, 1.82) is 0 Å². The van der Waals surface area contributed by atoms with Gasteiger partial charge in [-0.1, -0.05) is 0 Å². The van der Waals surface area contributed by atoms with Crippen molar-refractivity contribution in [2.45, 2.75) is 57.0 Å². The number of piperidine rings is 1. The van der Waals surface area contributed by atoms with Crippen LogP contribution in [0.2, 0.25) is 0 Å². The molecule has 4 aliphatic rings. The summed E-state index contributed by atoms with van der Waals surface area (Å²) in [6.45, 7) is 5.59. The molecule has 23 heavy (non-hydrogen) atoms. The standard InChI is InChI=1S/C18H31N3O2/c1-23-17(22)21-10-6-18(13-21)11-15(12-18)20-8-4-14(5-9-20)16-3-2-7-19-16/h14-16,19H,2-13H2,1H3. The van der Waals surface area contributed by atoms with Crippen LogP contribution in [0, 0.1) is 11.3 Å². The van der Waals surface area contributed by atoms with E-state index >= 15 is 0 Å². The lowest BCUT2D eigenvalue weighted by Gasteiger charge is -2.52. The first-order chi connectivity index (χ1) is 11.2. The molecule has 4 rings (SSSR count). The van der Waals surface area contributed by atoms with Gasteiger partial charge in [-0.15, -0.1) is 0 Å². The van der Waals surface area contributed by atoms with Gasteiger partial charge in [-0.25, -0.2) is 4.79 Å². The van der Waals surface area contributed by atoms with E-state index in [1.807, 2.05) is 4.90 Å². The number of ether oxygens (including phenoxy) is 1. The zero-order chi connectivity index (χ0) is 15.9. The highest BCUT2D eigenvalue weighted by Gasteiger charge is 2.51. The van der Waals surface area contributed by atoms with Crippen molar-refractivity contribution in [1.82, 2.24) is 15.1 Å². The van der Waals surface area contributed by atoms with Crippen LogP contribution in [0.3, 0.4) is 0 Å². The maximum atomic E-state index is 11.7. The number of rotatable bonds is 2. The van der Waals surface area contributed by atoms with Crippen molar-refractivity contribution >= 4 is 6.09 Å². The van der Waals surface area contributed by atoms with Crippen LogP contribution in [-0.4, -0.2) is 67.8 Å². The van der Waals surface area contributed by atoms with Gasteiger partial charge in [0.25, 0.3) is 0 Å². The number of hydrogen-bond donors (Lipinski definition) is 1. The van der Waals surface area contributed by atoms with Crippen LogP contribution in [0.5, 0.6) is 0 Å². The summed E-state index contributed by atoms with van der Waals surface area (Å²) in [7, 11) is 1.49. The van der Waals surface area contributed by atoms with Gasteiger partial charge in [-0.05, 0) is 75.9 Å². The number of likely N-dealkylation sites (tertiary alicyclic amines) is 2. The summed E-state index contributed by atoms with van der Waals surface area (Å²) >= 11 is 0. The Labute approximate surface area is 139 Å². The van der Waals surface area contributed by atoms with Crippen LogP contribution < -0.4 is 5.32 Å². The lowest BCUT2D eigenvalue weighted by atomic mass is 9.64. The SMILES string of the molecule is COC(=O)N1CCC2(CC(N3CCC(C4CCCN4)CC3)C2)C1. The molecule has 1 aliphatic carbocycles. The van der Waals surface area contributed by atoms with Crippen molar-refractivity contribution < 1.29 is 9.53 Å². The predicted octanol–water partition coefficient (Wildman–Crippen LogP) is 2.07. The second-order valence-electron chi connectivity index (χ2n) is 8.28. The summed E-state index contributed by atoms with van der Waals surface area (Å²) in [5.41, 5.74) is 0.405. The van der Waals surface area contributed by atoms with Crippen molar-refractivity contribution in [3.8, 4) is 0 Å². The molecule has 0 radical (unpaired) electrons. The second kappa shape index (κ2) is 6.25. The lowest BCUT2D eigenvalue weighted by Crippen LogP contribution is -2.55. The summed E-state index contributed by atoms with van der Waals surface area (Å²) < 4.78 is 4.87. The Morgan fingerprint density at radius 2 is 1.96 bits per heavy atom. The first-order valence-corrected chi connectivity index (χ1v) is 9.49. The molecule has 3 heterocycles. The summed E-state index contributed by atoms with van der Waals surface area (Å²) in [5.74, 6) is 0.907. The van der Waals surface area contributed by atoms with E-state index in [9.17, 15) is 4.79 Å². The third kappa shape index (κ3) is 2.98. The van der Waals surface area contributed by atoms with Gasteiger partial charge in [0.2, 0.25) is 0 Å². The van der Waals surface area contributed by atoms with E-state index in [4.69, 9.17) is 4.74 Å². The smallest absolute Gasteiger partial charge is 0.409 e. The average molecular weight is 321 g/mol. The Morgan fingerprint density at radius 3 is 2.61 bits per heavy atom. The normalized spacial score (nSPS) is 38.9. The molecule has 1 unspecified atom stereocenters. The van der Waals surface area contributed by atoms with Crippen LogP contribution in [-0.2, 0) is 4.74 Å². The molecule has 0 bridgehead atoms. The lowest BCUT2D eigenvalue weighted by molar-refractivity contribution is -0.0112. The van der Waals surface area contributed by atoms with Gasteiger partial charge in [0.15, 0.2) is 0 Å². The van der Waals surface area contributed by atoms with Gasteiger partial charge in [0.05, 0.1) is 7.11 Å². The van der Waals surface area contributed by atoms with Crippen LogP contribution in [0.25, 0.3) is 0 Å². The predicted molar refractivity (Wildman–Crippen MR) is 89.4 cm³/mol. The Kier molecular flexibility index (Phi) is 4.26. The Hall–Kier alpha value is -0.810. The van der Waals surface area contributed by atoms with Gasteiger partial charge < -0.3 is 19.9 Å². The minimum Gasteiger partial charge on any atom is -0.453 e. The fourth-order valence-corrected chi connectivity index (χ4v) is 5.55. The molecule has 1 amide bonds. The number of nitrogens with one attached hydrogen (secondary N) is 1. The van der Waals surface area contributed by atoms with Crippen LogP contribution in [0.1, 0.15) is 44.9 Å². The molecule has 4 fully saturated rings. The van der Waals surface area contributed by atoms with Gasteiger partial charge in [-0.3, -0.25) is 0 Å². The van der Waals surface area contributed by atoms with Crippen LogP contribution >= 0.6 is 0 Å². The summed E-state index contributed by atoms with van der Waals surface area (Å²) in [4.78, 5) is 16.3. The fraction of sp³-hybridized carbons (Fsp3) is 0.944. The summed E-state index contributed by atoms with van der Waals surface area (Å²) in [6, 6.07) is 1.57. The number of methoxy groups -OCH3 is 1. The number of carbonyl (C=O) groups is 1. The van der Waals surface area contributed by atoms with Crippen LogP contribution in [0.15, 0.2) is 0 Å². The third-order valence-corrected chi connectivity index (χ3v) is 6.97. The molecule has 5 nitrogen and oxygen atoms in total. The zero-order valence-electron chi connectivity index (χ0n) is 14.4. The molecule has 1 spiro atoms. The Morgan fingerprint density at radius 1 is 1.17 bits per heavy atom. The number of nitrogens with zero attached hydrogens (tertiary/aromatic N) is 2. The number of amides is 1. The molecule has 1 N–H and O–H groups in total. The summed E-state index contributed by atoms with van der Waals surface area (Å²) in [5, 5.41) is 3.69. The summed E-state index contributed by atoms with van der Waals surface area (Å²) in [6.07, 6.45) is 9.09. The van der Waals surface area contributed by atoms with Crippen molar-refractivity contribution in [2.75, 3.05) is 39.8 Å². The highest BCUT2D eigenvalue weighted by atomic mass is 16.5. The fourth-order valence-electron chi connectivity index (χ4n) is 5.55. The number of hydrogen-bond acceptors (Lipinski definition) is 4. The first-order valence-electron chi connectivity index (χ1n) is 9.49. The molecule has 0 aromatic heterocycles. The minimum atomic E-state index is -0.143. The largest absolute Gasteiger partial charge is 0.453 e. The van der Waals surface area contributed by atoms with Gasteiger partial charge in [0.1, 0.15) is 0 Å². The molecule has 130 valence electrons. The highest BCUT2D eigenvalue weighted by molar-refractivity contribution is 5.67. The van der Waals surface area contributed by atoms with Gasteiger partial charge >= 0.3 is 6.09 Å². The van der Waals surface area contributed by atoms with Crippen molar-refractivity contribution in [3.63, 3.8) is 0 Å². The monoisotopic (exact) mass is 321 g/mol. The Bertz CT molecular complexity index is 436.